The molecule has 0 amide bonds. The van der Waals surface area contributed by atoms with Crippen LogP contribution in [0, 0.1) is 5.82 Å². The Morgan fingerprint density at radius 3 is 2.24 bits per heavy atom. The first kappa shape index (κ1) is 11.6. The molecule has 0 aromatic heterocycles. The summed E-state index contributed by atoms with van der Waals surface area (Å²) in [6.07, 6.45) is 3.07. The van der Waals surface area contributed by atoms with E-state index in [0.29, 0.717) is 0 Å². The molecule has 0 aliphatic heterocycles. The van der Waals surface area contributed by atoms with E-state index < -0.39 is 0 Å². The predicted octanol–water partition coefficient (Wildman–Crippen LogP) is 4.78. The standard InChI is InChI=1S/C16H15F/c1-2-14(15-6-4-3-5-7-15)12-13-8-10-16(17)11-9-13/h3-12H,2H2,1H3/b14-12-. The maximum absolute atomic E-state index is 12.8. The van der Waals surface area contributed by atoms with Gasteiger partial charge in [0.05, 0.1) is 0 Å². The lowest BCUT2D eigenvalue weighted by Gasteiger charge is -2.05. The highest BCUT2D eigenvalue weighted by Crippen LogP contribution is 2.21. The van der Waals surface area contributed by atoms with Gasteiger partial charge in [-0.3, -0.25) is 0 Å². The van der Waals surface area contributed by atoms with Gasteiger partial charge in [0, 0.05) is 0 Å². The van der Waals surface area contributed by atoms with Gasteiger partial charge >= 0.3 is 0 Å². The molecule has 0 fully saturated rings. The van der Waals surface area contributed by atoms with E-state index in [9.17, 15) is 4.39 Å². The van der Waals surface area contributed by atoms with Crippen LogP contribution in [0.3, 0.4) is 0 Å². The molecule has 17 heavy (non-hydrogen) atoms. The monoisotopic (exact) mass is 226 g/mol. The van der Waals surface area contributed by atoms with Crippen molar-refractivity contribution in [2.24, 2.45) is 0 Å². The van der Waals surface area contributed by atoms with Gasteiger partial charge in [-0.05, 0) is 35.3 Å². The lowest BCUT2D eigenvalue weighted by molar-refractivity contribution is 0.628. The molecule has 0 nitrogen and oxygen atoms in total. The van der Waals surface area contributed by atoms with Gasteiger partial charge in [-0.1, -0.05) is 55.5 Å². The highest BCUT2D eigenvalue weighted by Gasteiger charge is 1.98. The summed E-state index contributed by atoms with van der Waals surface area (Å²) in [7, 11) is 0. The molecular weight excluding hydrogens is 211 g/mol. The largest absolute Gasteiger partial charge is 0.207 e. The number of hydrogen-bond donors (Lipinski definition) is 0. The minimum Gasteiger partial charge on any atom is -0.207 e. The third-order valence-electron chi connectivity index (χ3n) is 2.74. The van der Waals surface area contributed by atoms with Gasteiger partial charge in [-0.2, -0.15) is 0 Å². The van der Waals surface area contributed by atoms with Crippen LogP contribution in [0.2, 0.25) is 0 Å². The van der Waals surface area contributed by atoms with E-state index in [2.05, 4.69) is 25.1 Å². The summed E-state index contributed by atoms with van der Waals surface area (Å²) >= 11 is 0. The van der Waals surface area contributed by atoms with Gasteiger partial charge in [0.25, 0.3) is 0 Å². The molecule has 0 N–H and O–H groups in total. The molecule has 0 bridgehead atoms. The summed E-state index contributed by atoms with van der Waals surface area (Å²) < 4.78 is 12.8. The van der Waals surface area contributed by atoms with E-state index in [1.807, 2.05) is 18.2 Å². The first-order valence-corrected chi connectivity index (χ1v) is 5.81. The summed E-state index contributed by atoms with van der Waals surface area (Å²) in [4.78, 5) is 0. The molecule has 1 heteroatoms. The third-order valence-corrected chi connectivity index (χ3v) is 2.74. The Labute approximate surface area is 101 Å². The van der Waals surface area contributed by atoms with Crippen molar-refractivity contribution in [3.05, 3.63) is 71.5 Å². The molecule has 2 rings (SSSR count). The Morgan fingerprint density at radius 2 is 1.65 bits per heavy atom. The van der Waals surface area contributed by atoms with E-state index in [1.54, 1.807) is 12.1 Å². The van der Waals surface area contributed by atoms with Crippen LogP contribution in [0.4, 0.5) is 4.39 Å². The fourth-order valence-corrected chi connectivity index (χ4v) is 1.80. The van der Waals surface area contributed by atoms with Crippen molar-refractivity contribution in [2.45, 2.75) is 13.3 Å². The SMILES string of the molecule is CC/C(=C/c1ccc(F)cc1)c1ccccc1. The van der Waals surface area contributed by atoms with Crippen LogP contribution >= 0.6 is 0 Å². The van der Waals surface area contributed by atoms with Crippen molar-refractivity contribution in [2.75, 3.05) is 0 Å². The normalized spacial score (nSPS) is 11.5. The van der Waals surface area contributed by atoms with Crippen LogP contribution in [0.1, 0.15) is 24.5 Å². The second-order valence-electron chi connectivity index (χ2n) is 3.94. The molecule has 0 atom stereocenters. The van der Waals surface area contributed by atoms with Crippen LogP contribution in [-0.4, -0.2) is 0 Å². The summed E-state index contributed by atoms with van der Waals surface area (Å²) in [6, 6.07) is 16.8. The van der Waals surface area contributed by atoms with Crippen LogP contribution in [0.5, 0.6) is 0 Å². The van der Waals surface area contributed by atoms with Crippen LogP contribution in [-0.2, 0) is 0 Å². The van der Waals surface area contributed by atoms with Gasteiger partial charge in [-0.15, -0.1) is 0 Å². The minimum absolute atomic E-state index is 0.195. The zero-order valence-electron chi connectivity index (χ0n) is 9.86. The van der Waals surface area contributed by atoms with Crippen molar-refractivity contribution < 1.29 is 4.39 Å². The van der Waals surface area contributed by atoms with E-state index >= 15 is 0 Å². The maximum Gasteiger partial charge on any atom is 0.123 e. The lowest BCUT2D eigenvalue weighted by atomic mass is 10.0. The summed E-state index contributed by atoms with van der Waals surface area (Å²) in [5.74, 6) is -0.195. The molecular formula is C16H15F. The summed E-state index contributed by atoms with van der Waals surface area (Å²) in [6.45, 7) is 2.13. The van der Waals surface area contributed by atoms with E-state index in [4.69, 9.17) is 0 Å². The fraction of sp³-hybridized carbons (Fsp3) is 0.125. The highest BCUT2D eigenvalue weighted by molar-refractivity contribution is 5.81. The van der Waals surface area contributed by atoms with Crippen molar-refractivity contribution in [3.63, 3.8) is 0 Å². The van der Waals surface area contributed by atoms with E-state index in [-0.39, 0.29) is 5.82 Å². The second kappa shape index (κ2) is 5.44. The third kappa shape index (κ3) is 3.04. The Balaban J connectivity index is 2.33. The molecule has 0 heterocycles. The Bertz CT molecular complexity index is 495. The lowest BCUT2D eigenvalue weighted by Crippen LogP contribution is -1.83. The second-order valence-corrected chi connectivity index (χ2v) is 3.94. The quantitative estimate of drug-likeness (QED) is 0.661. The van der Waals surface area contributed by atoms with Crippen LogP contribution in [0.15, 0.2) is 54.6 Å². The molecule has 0 unspecified atom stereocenters. The number of allylic oxidation sites excluding steroid dienone is 1. The smallest absolute Gasteiger partial charge is 0.123 e. The van der Waals surface area contributed by atoms with Gasteiger partial charge in [-0.25, -0.2) is 4.39 Å². The molecule has 0 saturated carbocycles. The van der Waals surface area contributed by atoms with Gasteiger partial charge in [0.15, 0.2) is 0 Å². The minimum atomic E-state index is -0.195. The fourth-order valence-electron chi connectivity index (χ4n) is 1.80. The average Bonchev–Trinajstić information content (AvgIpc) is 2.39. The maximum atomic E-state index is 12.8. The van der Waals surface area contributed by atoms with Crippen molar-refractivity contribution in [1.82, 2.24) is 0 Å². The Hall–Kier alpha value is -1.89. The molecule has 2 aromatic rings. The predicted molar refractivity (Wildman–Crippen MR) is 71.0 cm³/mol. The number of benzene rings is 2. The summed E-state index contributed by atoms with van der Waals surface area (Å²) in [5.41, 5.74) is 3.52. The molecule has 0 spiro atoms. The van der Waals surface area contributed by atoms with Crippen LogP contribution in [0.25, 0.3) is 11.6 Å². The van der Waals surface area contributed by atoms with Crippen LogP contribution < -0.4 is 0 Å². The molecule has 86 valence electrons. The molecule has 2 aromatic carbocycles. The van der Waals surface area contributed by atoms with Crippen molar-refractivity contribution >= 4 is 11.6 Å². The van der Waals surface area contributed by atoms with Gasteiger partial charge in [0.2, 0.25) is 0 Å². The zero-order chi connectivity index (χ0) is 12.1. The average molecular weight is 226 g/mol. The van der Waals surface area contributed by atoms with Gasteiger partial charge < -0.3 is 0 Å². The first-order chi connectivity index (χ1) is 8.29. The number of halogens is 1. The van der Waals surface area contributed by atoms with E-state index in [0.717, 1.165) is 12.0 Å². The molecule has 0 aliphatic carbocycles. The number of hydrogen-bond acceptors (Lipinski definition) is 0. The molecule has 0 aliphatic rings. The number of rotatable bonds is 3. The highest BCUT2D eigenvalue weighted by atomic mass is 19.1. The van der Waals surface area contributed by atoms with Crippen molar-refractivity contribution in [3.8, 4) is 0 Å². The summed E-state index contributed by atoms with van der Waals surface area (Å²) in [5, 5.41) is 0. The molecule has 0 radical (unpaired) electrons. The van der Waals surface area contributed by atoms with Gasteiger partial charge in [0.1, 0.15) is 5.82 Å². The Morgan fingerprint density at radius 1 is 1.00 bits per heavy atom. The topological polar surface area (TPSA) is 0 Å². The first-order valence-electron chi connectivity index (χ1n) is 5.81. The Kier molecular flexibility index (Phi) is 3.71. The zero-order valence-corrected chi connectivity index (χ0v) is 9.86. The van der Waals surface area contributed by atoms with E-state index in [1.165, 1.54) is 23.3 Å². The molecule has 0 saturated heterocycles. The van der Waals surface area contributed by atoms with Crippen molar-refractivity contribution in [1.29, 1.82) is 0 Å².